The molecule has 2 aromatic heterocycles. The molecule has 1 aliphatic rings. The number of thioether (sulfide) groups is 1. The third kappa shape index (κ3) is 5.40. The highest BCUT2D eigenvalue weighted by Gasteiger charge is 2.44. The van der Waals surface area contributed by atoms with Gasteiger partial charge in [-0.05, 0) is 18.4 Å². The first-order chi connectivity index (χ1) is 14.6. The number of aliphatic hydroxyl groups excluding tert-OH is 2. The van der Waals surface area contributed by atoms with E-state index in [4.69, 9.17) is 15.0 Å². The van der Waals surface area contributed by atoms with Gasteiger partial charge in [0.15, 0.2) is 17.7 Å². The van der Waals surface area contributed by atoms with Crippen LogP contribution in [0.4, 0.5) is 5.82 Å². The largest absolute Gasteiger partial charge is 0.449 e. The topological polar surface area (TPSA) is 212 Å². The van der Waals surface area contributed by atoms with Gasteiger partial charge in [0, 0.05) is 6.54 Å². The Labute approximate surface area is 181 Å². The number of imidazole rings is 1. The second-order valence-electron chi connectivity index (χ2n) is 6.70. The molecule has 5 atom stereocenters. The highest BCUT2D eigenvalue weighted by molar-refractivity contribution is 7.98. The number of rotatable bonds is 9. The van der Waals surface area contributed by atoms with Crippen LogP contribution in [-0.4, -0.2) is 91.6 Å². The quantitative estimate of drug-likeness (QED) is 0.249. The summed E-state index contributed by atoms with van der Waals surface area (Å²) in [6.07, 6.45) is -0.153. The zero-order chi connectivity index (χ0) is 22.8. The molecular weight excluding hydrogens is 456 g/mol. The van der Waals surface area contributed by atoms with Crippen LogP contribution in [0.2, 0.25) is 0 Å². The number of carbonyl (C=O) groups excluding carboxylic acids is 1. The molecule has 16 heteroatoms. The molecule has 0 saturated carbocycles. The lowest BCUT2D eigenvalue weighted by Gasteiger charge is -2.20. The number of aliphatic hydroxyl groups is 2. The zero-order valence-corrected chi connectivity index (χ0v) is 17.9. The average Bonchev–Trinajstić information content (AvgIpc) is 3.23. The fraction of sp³-hybridized carbons (Fsp3) is 0.600. The third-order valence-electron chi connectivity index (χ3n) is 4.65. The molecule has 1 aliphatic heterocycles. The normalized spacial score (nSPS) is 25.0. The number of nitrogens with zero attached hydrogens (tertiary/aromatic N) is 4. The molecule has 3 heterocycles. The minimum atomic E-state index is -4.96. The van der Waals surface area contributed by atoms with E-state index in [1.54, 1.807) is 6.26 Å². The average molecular weight is 479 g/mol. The molecule has 0 bridgehead atoms. The van der Waals surface area contributed by atoms with Crippen molar-refractivity contribution in [2.45, 2.75) is 37.0 Å². The van der Waals surface area contributed by atoms with E-state index in [1.807, 2.05) is 0 Å². The maximum absolute atomic E-state index is 12.0. The van der Waals surface area contributed by atoms with Crippen LogP contribution >= 0.6 is 11.8 Å². The Morgan fingerprint density at radius 3 is 2.81 bits per heavy atom. The molecule has 6 N–H and O–H groups in total. The smallest absolute Gasteiger partial charge is 0.387 e. The molecule has 0 aliphatic carbocycles. The summed E-state index contributed by atoms with van der Waals surface area (Å²) in [5.41, 5.74) is 6.36. The van der Waals surface area contributed by atoms with Crippen LogP contribution in [0.25, 0.3) is 11.2 Å². The first-order valence-corrected chi connectivity index (χ1v) is 11.8. The number of nitrogens with one attached hydrogen (secondary N) is 1. The van der Waals surface area contributed by atoms with E-state index in [9.17, 15) is 23.4 Å². The van der Waals surface area contributed by atoms with Gasteiger partial charge in [-0.1, -0.05) is 0 Å². The molecule has 0 spiro atoms. The number of hydrogen-bond donors (Lipinski definition) is 5. The predicted molar refractivity (Wildman–Crippen MR) is 108 cm³/mol. The number of fused-ring (bicyclic) bond motifs is 1. The van der Waals surface area contributed by atoms with Crippen LogP contribution < -0.4 is 11.1 Å². The highest BCUT2D eigenvalue weighted by Crippen LogP contribution is 2.31. The van der Waals surface area contributed by atoms with Crippen molar-refractivity contribution in [3.05, 3.63) is 12.7 Å². The Kier molecular flexibility index (Phi) is 7.30. The Balaban J connectivity index is 1.71. The number of hydrogen-bond acceptors (Lipinski definition) is 13. The SMILES string of the molecule is CSCC[C@H](NC[C@H]1O[C@@H](n2cnc3c(N)ncnc32)[C@H](O)[C@@H]1O)C(=O)OS(=O)(=O)O. The number of aromatic nitrogens is 4. The summed E-state index contributed by atoms with van der Waals surface area (Å²) in [5, 5.41) is 23.6. The van der Waals surface area contributed by atoms with Gasteiger partial charge in [-0.2, -0.15) is 20.2 Å². The molecule has 2 aromatic rings. The Morgan fingerprint density at radius 1 is 1.39 bits per heavy atom. The van der Waals surface area contributed by atoms with Crippen molar-refractivity contribution >= 4 is 45.1 Å². The van der Waals surface area contributed by atoms with E-state index in [1.165, 1.54) is 29.0 Å². The number of nitrogen functional groups attached to an aromatic ring is 1. The second-order valence-corrected chi connectivity index (χ2v) is 8.71. The molecule has 1 fully saturated rings. The van der Waals surface area contributed by atoms with Gasteiger partial charge in [0.25, 0.3) is 0 Å². The maximum atomic E-state index is 12.0. The molecule has 14 nitrogen and oxygen atoms in total. The molecule has 3 rings (SSSR count). The summed E-state index contributed by atoms with van der Waals surface area (Å²) in [7, 11) is -4.96. The number of carbonyl (C=O) groups is 1. The summed E-state index contributed by atoms with van der Waals surface area (Å²) in [4.78, 5) is 24.0. The van der Waals surface area contributed by atoms with Crippen LogP contribution in [0.1, 0.15) is 12.6 Å². The summed E-state index contributed by atoms with van der Waals surface area (Å²) < 4.78 is 41.6. The highest BCUT2D eigenvalue weighted by atomic mass is 32.3. The number of anilines is 1. The molecular formula is C15H22N6O8S2. The van der Waals surface area contributed by atoms with Crippen molar-refractivity contribution in [2.75, 3.05) is 24.3 Å². The Morgan fingerprint density at radius 2 is 2.13 bits per heavy atom. The third-order valence-corrected chi connectivity index (χ3v) is 5.67. The minimum Gasteiger partial charge on any atom is -0.387 e. The van der Waals surface area contributed by atoms with Gasteiger partial charge in [-0.25, -0.2) is 19.7 Å². The van der Waals surface area contributed by atoms with Gasteiger partial charge in [-0.15, -0.1) is 0 Å². The summed E-state index contributed by atoms with van der Waals surface area (Å²) in [6, 6.07) is -1.09. The van der Waals surface area contributed by atoms with Gasteiger partial charge < -0.3 is 30.2 Å². The van der Waals surface area contributed by atoms with Crippen molar-refractivity contribution in [2.24, 2.45) is 0 Å². The molecule has 31 heavy (non-hydrogen) atoms. The fourth-order valence-corrected chi connectivity index (χ4v) is 3.94. The van der Waals surface area contributed by atoms with E-state index >= 15 is 0 Å². The summed E-state index contributed by atoms with van der Waals surface area (Å²) >= 11 is 1.41. The summed E-state index contributed by atoms with van der Waals surface area (Å²) in [5.74, 6) is -0.572. The van der Waals surface area contributed by atoms with Gasteiger partial charge in [-0.3, -0.25) is 9.12 Å². The van der Waals surface area contributed by atoms with E-state index in [0.29, 0.717) is 16.9 Å². The number of nitrogens with two attached hydrogens (primary N) is 1. The monoisotopic (exact) mass is 478 g/mol. The van der Waals surface area contributed by atoms with Crippen LogP contribution in [0.15, 0.2) is 12.7 Å². The van der Waals surface area contributed by atoms with Gasteiger partial charge in [0.1, 0.15) is 36.2 Å². The molecule has 172 valence electrons. The standard InChI is InChI=1S/C15H22N6O8S2/c1-30-3-2-7(15(24)29-31(25,26)27)17-4-8-10(22)11(23)14(28-8)21-6-20-9-12(16)18-5-19-13(9)21/h5-8,10-11,14,17,22-23H,2-4H2,1H3,(H2,16,18,19)(H,25,26,27)/t7-,8+,10+,11+,14+/m0/s1. The lowest BCUT2D eigenvalue weighted by Crippen LogP contribution is -2.45. The van der Waals surface area contributed by atoms with E-state index in [0.717, 1.165) is 0 Å². The van der Waals surface area contributed by atoms with Crippen molar-refractivity contribution in [1.29, 1.82) is 0 Å². The summed E-state index contributed by atoms with van der Waals surface area (Å²) in [6.45, 7) is -0.127. The molecule has 0 radical (unpaired) electrons. The van der Waals surface area contributed by atoms with Crippen molar-refractivity contribution < 1.29 is 36.9 Å². The second kappa shape index (κ2) is 9.60. The van der Waals surface area contributed by atoms with Crippen LogP contribution in [0, 0.1) is 0 Å². The van der Waals surface area contributed by atoms with E-state index in [2.05, 4.69) is 24.5 Å². The van der Waals surface area contributed by atoms with Crippen molar-refractivity contribution in [1.82, 2.24) is 24.8 Å². The fourth-order valence-electron chi connectivity index (χ4n) is 3.14. The Bertz CT molecular complexity index is 1030. The molecule has 0 unspecified atom stereocenters. The van der Waals surface area contributed by atoms with E-state index < -0.39 is 46.9 Å². The first kappa shape index (κ1) is 23.6. The predicted octanol–water partition coefficient (Wildman–Crippen LogP) is -1.91. The first-order valence-electron chi connectivity index (χ1n) is 9.00. The lowest BCUT2D eigenvalue weighted by molar-refractivity contribution is -0.137. The van der Waals surface area contributed by atoms with Crippen LogP contribution in [0.5, 0.6) is 0 Å². The molecule has 0 aromatic carbocycles. The molecule has 0 amide bonds. The van der Waals surface area contributed by atoms with Gasteiger partial charge in [0.2, 0.25) is 0 Å². The maximum Gasteiger partial charge on any atom is 0.449 e. The van der Waals surface area contributed by atoms with Crippen LogP contribution in [-0.2, 0) is 24.1 Å². The van der Waals surface area contributed by atoms with E-state index in [-0.39, 0.29) is 18.8 Å². The van der Waals surface area contributed by atoms with Gasteiger partial charge >= 0.3 is 16.4 Å². The lowest BCUT2D eigenvalue weighted by atomic mass is 10.1. The minimum absolute atomic E-state index is 0.127. The Hall–Kier alpha value is -2.08. The van der Waals surface area contributed by atoms with Crippen molar-refractivity contribution in [3.63, 3.8) is 0 Å². The zero-order valence-electron chi connectivity index (χ0n) is 16.2. The molecule has 1 saturated heterocycles. The van der Waals surface area contributed by atoms with Crippen LogP contribution in [0.3, 0.4) is 0 Å². The van der Waals surface area contributed by atoms with Gasteiger partial charge in [0.05, 0.1) is 6.33 Å². The van der Waals surface area contributed by atoms with Crippen molar-refractivity contribution in [3.8, 4) is 0 Å². The number of ether oxygens (including phenoxy) is 1.